The normalized spacial score (nSPS) is 10.9. The highest BCUT2D eigenvalue weighted by molar-refractivity contribution is 6.30. The zero-order chi connectivity index (χ0) is 15.4. The lowest BCUT2D eigenvalue weighted by molar-refractivity contribution is 0.0990. The topological polar surface area (TPSA) is 34.0 Å². The van der Waals surface area contributed by atoms with E-state index in [9.17, 15) is 4.79 Å². The summed E-state index contributed by atoms with van der Waals surface area (Å²) in [5, 5.41) is 3.96. The maximum atomic E-state index is 12.2. The van der Waals surface area contributed by atoms with Crippen molar-refractivity contribution in [2.75, 3.05) is 13.1 Å². The van der Waals surface area contributed by atoms with Crippen molar-refractivity contribution in [3.05, 3.63) is 57.9 Å². The number of aryl methyl sites for hydroxylation is 1. The van der Waals surface area contributed by atoms with Gasteiger partial charge in [0.1, 0.15) is 0 Å². The molecule has 0 aliphatic rings. The highest BCUT2D eigenvalue weighted by Gasteiger charge is 2.13. The fourth-order valence-corrected chi connectivity index (χ4v) is 2.44. The zero-order valence-corrected chi connectivity index (χ0v) is 13.5. The Morgan fingerprint density at radius 2 is 1.90 bits per heavy atom. The van der Waals surface area contributed by atoms with Crippen LogP contribution in [0.2, 0.25) is 5.02 Å². The Morgan fingerprint density at radius 3 is 2.48 bits per heavy atom. The first-order valence-electron chi connectivity index (χ1n) is 7.10. The van der Waals surface area contributed by atoms with Crippen LogP contribution in [0, 0.1) is 13.8 Å². The van der Waals surface area contributed by atoms with E-state index < -0.39 is 0 Å². The molecule has 3 nitrogen and oxygen atoms in total. The quantitative estimate of drug-likeness (QED) is 0.656. The molecule has 0 bridgehead atoms. The summed E-state index contributed by atoms with van der Waals surface area (Å²) >= 11 is 5.85. The van der Waals surface area contributed by atoms with Gasteiger partial charge in [0.2, 0.25) is 0 Å². The third-order valence-electron chi connectivity index (χ3n) is 3.86. The van der Waals surface area contributed by atoms with Crippen molar-refractivity contribution in [2.24, 2.45) is 7.05 Å². The van der Waals surface area contributed by atoms with Gasteiger partial charge in [-0.05, 0) is 50.6 Å². The summed E-state index contributed by atoms with van der Waals surface area (Å²) in [6.45, 7) is 5.14. The molecule has 1 N–H and O–H groups in total. The molecule has 0 saturated heterocycles. The van der Waals surface area contributed by atoms with Gasteiger partial charge in [-0.15, -0.1) is 0 Å². The van der Waals surface area contributed by atoms with Crippen molar-refractivity contribution < 1.29 is 4.79 Å². The number of hydrogen-bond donors (Lipinski definition) is 1. The number of ketones is 1. The van der Waals surface area contributed by atoms with Gasteiger partial charge in [0, 0.05) is 29.0 Å². The second-order valence-electron chi connectivity index (χ2n) is 5.32. The van der Waals surface area contributed by atoms with Gasteiger partial charge >= 0.3 is 0 Å². The van der Waals surface area contributed by atoms with Crippen LogP contribution in [0.4, 0.5) is 0 Å². The zero-order valence-electron chi connectivity index (χ0n) is 12.7. The summed E-state index contributed by atoms with van der Waals surface area (Å²) in [6.07, 6.45) is 0.886. The number of carbonyl (C=O) groups excluding carboxylic acids is 1. The molecule has 4 heteroatoms. The first kappa shape index (κ1) is 15.8. The maximum absolute atomic E-state index is 12.2. The van der Waals surface area contributed by atoms with Crippen LogP contribution >= 0.6 is 11.6 Å². The molecule has 2 rings (SSSR count). The van der Waals surface area contributed by atoms with E-state index in [0.717, 1.165) is 34.9 Å². The summed E-state index contributed by atoms with van der Waals surface area (Å²) < 4.78 is 2.04. The number of aromatic nitrogens is 1. The Hall–Kier alpha value is -1.58. The Kier molecular flexibility index (Phi) is 5.21. The molecular weight excluding hydrogens is 284 g/mol. The van der Waals surface area contributed by atoms with Crippen molar-refractivity contribution >= 4 is 17.4 Å². The Balaban J connectivity index is 1.82. The van der Waals surface area contributed by atoms with Crippen LogP contribution in [0.1, 0.15) is 27.3 Å². The average Bonchev–Trinajstić information content (AvgIpc) is 2.73. The molecule has 112 valence electrons. The first-order valence-corrected chi connectivity index (χ1v) is 7.48. The molecule has 1 aromatic carbocycles. The molecule has 1 heterocycles. The third kappa shape index (κ3) is 3.96. The van der Waals surface area contributed by atoms with Crippen LogP contribution in [0.3, 0.4) is 0 Å². The highest BCUT2D eigenvalue weighted by atomic mass is 35.5. The monoisotopic (exact) mass is 304 g/mol. The second kappa shape index (κ2) is 6.92. The summed E-state index contributed by atoms with van der Waals surface area (Å²) in [4.78, 5) is 12.2. The van der Waals surface area contributed by atoms with Gasteiger partial charge in [-0.25, -0.2) is 0 Å². The molecule has 0 aliphatic heterocycles. The van der Waals surface area contributed by atoms with Crippen molar-refractivity contribution in [1.82, 2.24) is 9.88 Å². The van der Waals surface area contributed by atoms with E-state index in [1.165, 1.54) is 5.56 Å². The van der Waals surface area contributed by atoms with Gasteiger partial charge < -0.3 is 9.88 Å². The van der Waals surface area contributed by atoms with E-state index >= 15 is 0 Å². The van der Waals surface area contributed by atoms with E-state index in [-0.39, 0.29) is 5.78 Å². The smallest absolute Gasteiger partial charge is 0.178 e. The standard InChI is InChI=1S/C17H21ClN2O/c1-12-10-16(13(2)20(12)3)17(21)11-19-9-8-14-4-6-15(18)7-5-14/h4-7,10,19H,8-9,11H2,1-3H3. The van der Waals surface area contributed by atoms with Crippen molar-refractivity contribution in [1.29, 1.82) is 0 Å². The summed E-state index contributed by atoms with van der Waals surface area (Å²) in [7, 11) is 1.98. The number of rotatable bonds is 6. The lowest BCUT2D eigenvalue weighted by Crippen LogP contribution is -2.25. The van der Waals surface area contributed by atoms with Gasteiger partial charge in [0.15, 0.2) is 5.78 Å². The number of nitrogens with one attached hydrogen (secondary N) is 1. The molecule has 0 atom stereocenters. The third-order valence-corrected chi connectivity index (χ3v) is 4.12. The molecule has 0 fully saturated rings. The summed E-state index contributed by atoms with van der Waals surface area (Å²) in [5.41, 5.74) is 4.16. The fraction of sp³-hybridized carbons (Fsp3) is 0.353. The Bertz CT molecular complexity index is 629. The van der Waals surface area contributed by atoms with Gasteiger partial charge in [0.05, 0.1) is 6.54 Å². The van der Waals surface area contributed by atoms with Crippen LogP contribution in [-0.2, 0) is 13.5 Å². The molecule has 2 aromatic rings. The molecule has 1 aromatic heterocycles. The largest absolute Gasteiger partial charge is 0.351 e. The average molecular weight is 305 g/mol. The molecule has 21 heavy (non-hydrogen) atoms. The minimum atomic E-state index is 0.146. The van der Waals surface area contributed by atoms with E-state index in [0.29, 0.717) is 6.54 Å². The van der Waals surface area contributed by atoms with Gasteiger partial charge in [-0.1, -0.05) is 23.7 Å². The Labute approximate surface area is 130 Å². The first-order chi connectivity index (χ1) is 9.99. The van der Waals surface area contributed by atoms with E-state index in [2.05, 4.69) is 5.32 Å². The van der Waals surface area contributed by atoms with Crippen molar-refractivity contribution in [2.45, 2.75) is 20.3 Å². The number of benzene rings is 1. The number of carbonyl (C=O) groups is 1. The van der Waals surface area contributed by atoms with E-state index in [1.807, 2.05) is 55.8 Å². The van der Waals surface area contributed by atoms with Crippen LogP contribution in [0.15, 0.2) is 30.3 Å². The van der Waals surface area contributed by atoms with Crippen LogP contribution in [-0.4, -0.2) is 23.4 Å². The minimum absolute atomic E-state index is 0.146. The van der Waals surface area contributed by atoms with Crippen molar-refractivity contribution in [3.63, 3.8) is 0 Å². The molecule has 0 spiro atoms. The maximum Gasteiger partial charge on any atom is 0.178 e. The molecule has 0 amide bonds. The minimum Gasteiger partial charge on any atom is -0.351 e. The van der Waals surface area contributed by atoms with E-state index in [1.54, 1.807) is 0 Å². The van der Waals surface area contributed by atoms with Gasteiger partial charge in [-0.2, -0.15) is 0 Å². The van der Waals surface area contributed by atoms with Crippen LogP contribution in [0.5, 0.6) is 0 Å². The number of nitrogens with zero attached hydrogens (tertiary/aromatic N) is 1. The predicted octanol–water partition coefficient (Wildman–Crippen LogP) is 3.31. The molecule has 0 saturated carbocycles. The highest BCUT2D eigenvalue weighted by Crippen LogP contribution is 2.13. The summed E-state index contributed by atoms with van der Waals surface area (Å²) in [5.74, 6) is 0.146. The van der Waals surface area contributed by atoms with Gasteiger partial charge in [-0.3, -0.25) is 4.79 Å². The Morgan fingerprint density at radius 1 is 1.24 bits per heavy atom. The number of hydrogen-bond acceptors (Lipinski definition) is 2. The molecule has 0 radical (unpaired) electrons. The molecule has 0 unspecified atom stereocenters. The van der Waals surface area contributed by atoms with E-state index in [4.69, 9.17) is 11.6 Å². The van der Waals surface area contributed by atoms with Crippen LogP contribution in [0.25, 0.3) is 0 Å². The lowest BCUT2D eigenvalue weighted by atomic mass is 10.1. The number of halogens is 1. The SMILES string of the molecule is Cc1cc(C(=O)CNCCc2ccc(Cl)cc2)c(C)n1C. The lowest BCUT2D eigenvalue weighted by Gasteiger charge is -2.05. The molecular formula is C17H21ClN2O. The number of Topliss-reactive ketones (excluding diaryl/α,β-unsaturated/α-hetero) is 1. The molecule has 0 aliphatic carbocycles. The second-order valence-corrected chi connectivity index (χ2v) is 5.76. The van der Waals surface area contributed by atoms with Crippen LogP contribution < -0.4 is 5.32 Å². The van der Waals surface area contributed by atoms with Crippen molar-refractivity contribution in [3.8, 4) is 0 Å². The predicted molar refractivity (Wildman–Crippen MR) is 87.2 cm³/mol. The van der Waals surface area contributed by atoms with Gasteiger partial charge in [0.25, 0.3) is 0 Å². The summed E-state index contributed by atoms with van der Waals surface area (Å²) in [6, 6.07) is 9.75. The fourth-order valence-electron chi connectivity index (χ4n) is 2.32.